The molecule has 0 saturated carbocycles. The van der Waals surface area contributed by atoms with Gasteiger partial charge in [-0.05, 0) is 18.1 Å². The van der Waals surface area contributed by atoms with Crippen LogP contribution in [0, 0.1) is 5.92 Å². The number of pyridine rings is 1. The van der Waals surface area contributed by atoms with Gasteiger partial charge in [-0.25, -0.2) is 4.79 Å². The highest BCUT2D eigenvalue weighted by molar-refractivity contribution is 6.01. The molecule has 0 amide bonds. The quantitative estimate of drug-likeness (QED) is 0.870. The lowest BCUT2D eigenvalue weighted by molar-refractivity contribution is 0.0698. The zero-order chi connectivity index (χ0) is 13.4. The number of hydrogen-bond acceptors (Lipinski definition) is 3. The highest BCUT2D eigenvalue weighted by atomic mass is 16.4. The average Bonchev–Trinajstić information content (AvgIpc) is 2.65. The standard InChI is InChI=1S/C13H16N2O3/c1-7(2)12(16)10-6-9-11(15(10)3)8(13(17)18)4-5-14-9/h4-7,12,16H,1-3H3,(H,17,18). The normalized spacial score (nSPS) is 13.2. The van der Waals surface area contributed by atoms with Gasteiger partial charge in [0, 0.05) is 18.9 Å². The Labute approximate surface area is 105 Å². The molecule has 96 valence electrons. The number of rotatable bonds is 3. The monoisotopic (exact) mass is 248 g/mol. The van der Waals surface area contributed by atoms with E-state index in [0.29, 0.717) is 16.7 Å². The van der Waals surface area contributed by atoms with E-state index in [4.69, 9.17) is 5.11 Å². The number of aromatic carboxylic acids is 1. The lowest BCUT2D eigenvalue weighted by atomic mass is 10.0. The van der Waals surface area contributed by atoms with Gasteiger partial charge in [0.05, 0.1) is 22.7 Å². The molecule has 2 rings (SSSR count). The van der Waals surface area contributed by atoms with Crippen LogP contribution >= 0.6 is 0 Å². The van der Waals surface area contributed by atoms with Crippen LogP contribution in [0.3, 0.4) is 0 Å². The number of aromatic nitrogens is 2. The number of carbonyl (C=O) groups is 1. The van der Waals surface area contributed by atoms with Crippen molar-refractivity contribution in [2.75, 3.05) is 0 Å². The molecule has 0 bridgehead atoms. The van der Waals surface area contributed by atoms with E-state index in [1.807, 2.05) is 13.8 Å². The summed E-state index contributed by atoms with van der Waals surface area (Å²) in [6.45, 7) is 3.82. The minimum atomic E-state index is -0.991. The molecule has 2 aromatic heterocycles. The first-order chi connectivity index (χ1) is 8.43. The fraction of sp³-hybridized carbons (Fsp3) is 0.385. The highest BCUT2D eigenvalue weighted by Crippen LogP contribution is 2.28. The summed E-state index contributed by atoms with van der Waals surface area (Å²) in [5.41, 5.74) is 2.01. The number of aryl methyl sites for hydroxylation is 1. The van der Waals surface area contributed by atoms with Crippen molar-refractivity contribution < 1.29 is 15.0 Å². The number of aliphatic hydroxyl groups is 1. The second-order valence-electron chi connectivity index (χ2n) is 4.71. The van der Waals surface area contributed by atoms with Crippen molar-refractivity contribution in [2.45, 2.75) is 20.0 Å². The summed E-state index contributed by atoms with van der Waals surface area (Å²) in [7, 11) is 1.75. The highest BCUT2D eigenvalue weighted by Gasteiger charge is 2.20. The summed E-state index contributed by atoms with van der Waals surface area (Å²) in [5.74, 6) is -0.935. The van der Waals surface area contributed by atoms with Gasteiger partial charge in [0.25, 0.3) is 0 Å². The van der Waals surface area contributed by atoms with Gasteiger partial charge in [-0.15, -0.1) is 0 Å². The molecule has 0 aliphatic carbocycles. The Morgan fingerprint density at radius 3 is 2.67 bits per heavy atom. The summed E-state index contributed by atoms with van der Waals surface area (Å²) < 4.78 is 1.70. The van der Waals surface area contributed by atoms with Crippen LogP contribution in [0.25, 0.3) is 11.0 Å². The lowest BCUT2D eigenvalue weighted by Gasteiger charge is -2.15. The molecule has 2 N–H and O–H groups in total. The first-order valence-corrected chi connectivity index (χ1v) is 5.79. The molecular weight excluding hydrogens is 232 g/mol. The van der Waals surface area contributed by atoms with E-state index in [9.17, 15) is 9.90 Å². The largest absolute Gasteiger partial charge is 0.478 e. The Bertz CT molecular complexity index is 602. The summed E-state index contributed by atoms with van der Waals surface area (Å²) in [6.07, 6.45) is 0.836. The predicted octanol–water partition coefficient (Wildman–Crippen LogP) is 1.96. The number of carboxylic acids is 1. The Morgan fingerprint density at radius 2 is 2.11 bits per heavy atom. The van der Waals surface area contributed by atoms with Gasteiger partial charge in [0.2, 0.25) is 0 Å². The second-order valence-corrected chi connectivity index (χ2v) is 4.71. The number of hydrogen-bond donors (Lipinski definition) is 2. The topological polar surface area (TPSA) is 75.3 Å². The molecular formula is C13H16N2O3. The smallest absolute Gasteiger partial charge is 0.337 e. The van der Waals surface area contributed by atoms with Gasteiger partial charge in [-0.3, -0.25) is 4.98 Å². The van der Waals surface area contributed by atoms with Gasteiger partial charge in [-0.1, -0.05) is 13.8 Å². The Balaban J connectivity index is 2.71. The molecule has 18 heavy (non-hydrogen) atoms. The van der Waals surface area contributed by atoms with E-state index in [1.165, 1.54) is 12.3 Å². The van der Waals surface area contributed by atoms with Crippen LogP contribution < -0.4 is 0 Å². The van der Waals surface area contributed by atoms with E-state index in [-0.39, 0.29) is 11.5 Å². The maximum absolute atomic E-state index is 11.2. The maximum Gasteiger partial charge on any atom is 0.337 e. The Morgan fingerprint density at radius 1 is 1.44 bits per heavy atom. The van der Waals surface area contributed by atoms with Crippen molar-refractivity contribution in [3.05, 3.63) is 29.6 Å². The van der Waals surface area contributed by atoms with Gasteiger partial charge in [-0.2, -0.15) is 0 Å². The molecule has 1 unspecified atom stereocenters. The van der Waals surface area contributed by atoms with Crippen LogP contribution in [0.15, 0.2) is 18.3 Å². The molecule has 0 aliphatic heterocycles. The van der Waals surface area contributed by atoms with Crippen LogP contribution in [0.5, 0.6) is 0 Å². The third-order valence-electron chi connectivity index (χ3n) is 3.12. The molecule has 1 atom stereocenters. The van der Waals surface area contributed by atoms with Crippen LogP contribution in [0.4, 0.5) is 0 Å². The molecule has 0 spiro atoms. The fourth-order valence-corrected chi connectivity index (χ4v) is 2.09. The number of aliphatic hydroxyl groups excluding tert-OH is 1. The molecule has 2 heterocycles. The molecule has 0 radical (unpaired) electrons. The molecule has 0 aromatic carbocycles. The zero-order valence-corrected chi connectivity index (χ0v) is 10.6. The Hall–Kier alpha value is -1.88. The Kier molecular flexibility index (Phi) is 3.09. The van der Waals surface area contributed by atoms with E-state index in [2.05, 4.69) is 4.98 Å². The van der Waals surface area contributed by atoms with Crippen molar-refractivity contribution >= 4 is 17.0 Å². The van der Waals surface area contributed by atoms with Gasteiger partial charge in [0.1, 0.15) is 0 Å². The lowest BCUT2D eigenvalue weighted by Crippen LogP contribution is -2.10. The van der Waals surface area contributed by atoms with Crippen LogP contribution in [-0.2, 0) is 7.05 Å². The third kappa shape index (κ3) is 1.86. The molecule has 0 fully saturated rings. The molecule has 2 aromatic rings. The SMILES string of the molecule is CC(C)C(O)c1cc2nccc(C(=O)O)c2n1C. The second kappa shape index (κ2) is 4.42. The van der Waals surface area contributed by atoms with Crippen LogP contribution in [0.2, 0.25) is 0 Å². The third-order valence-corrected chi connectivity index (χ3v) is 3.12. The average molecular weight is 248 g/mol. The molecule has 5 nitrogen and oxygen atoms in total. The fourth-order valence-electron chi connectivity index (χ4n) is 2.09. The van der Waals surface area contributed by atoms with Crippen molar-refractivity contribution in [3.63, 3.8) is 0 Å². The predicted molar refractivity (Wildman–Crippen MR) is 67.5 cm³/mol. The van der Waals surface area contributed by atoms with E-state index >= 15 is 0 Å². The van der Waals surface area contributed by atoms with Crippen molar-refractivity contribution in [2.24, 2.45) is 13.0 Å². The van der Waals surface area contributed by atoms with Crippen molar-refractivity contribution in [1.29, 1.82) is 0 Å². The summed E-state index contributed by atoms with van der Waals surface area (Å²) >= 11 is 0. The minimum absolute atomic E-state index is 0.0568. The summed E-state index contributed by atoms with van der Waals surface area (Å²) in [6, 6.07) is 3.21. The summed E-state index contributed by atoms with van der Waals surface area (Å²) in [4.78, 5) is 15.3. The van der Waals surface area contributed by atoms with Gasteiger partial charge < -0.3 is 14.8 Å². The number of fused-ring (bicyclic) bond motifs is 1. The summed E-state index contributed by atoms with van der Waals surface area (Å²) in [5, 5.41) is 19.3. The molecule has 0 saturated heterocycles. The van der Waals surface area contributed by atoms with Crippen LogP contribution in [-0.4, -0.2) is 25.7 Å². The van der Waals surface area contributed by atoms with E-state index in [1.54, 1.807) is 17.7 Å². The minimum Gasteiger partial charge on any atom is -0.478 e. The van der Waals surface area contributed by atoms with E-state index in [0.717, 1.165) is 0 Å². The molecule has 0 aliphatic rings. The van der Waals surface area contributed by atoms with Gasteiger partial charge >= 0.3 is 5.97 Å². The van der Waals surface area contributed by atoms with Crippen molar-refractivity contribution in [1.82, 2.24) is 9.55 Å². The molecule has 5 heteroatoms. The first kappa shape index (κ1) is 12.6. The van der Waals surface area contributed by atoms with Crippen molar-refractivity contribution in [3.8, 4) is 0 Å². The maximum atomic E-state index is 11.2. The number of carboxylic acid groups (broad SMARTS) is 1. The first-order valence-electron chi connectivity index (χ1n) is 5.79. The zero-order valence-electron chi connectivity index (χ0n) is 10.6. The number of nitrogens with zero attached hydrogens (tertiary/aromatic N) is 2. The van der Waals surface area contributed by atoms with Gasteiger partial charge in [0.15, 0.2) is 0 Å². The van der Waals surface area contributed by atoms with E-state index < -0.39 is 12.1 Å². The van der Waals surface area contributed by atoms with Crippen LogP contribution in [0.1, 0.15) is 36.0 Å².